The van der Waals surface area contributed by atoms with Gasteiger partial charge in [0, 0.05) is 44.2 Å². The third-order valence-corrected chi connectivity index (χ3v) is 6.41. The molecule has 2 saturated carbocycles. The Morgan fingerprint density at radius 1 is 1.09 bits per heavy atom. The molecule has 0 unspecified atom stereocenters. The van der Waals surface area contributed by atoms with E-state index in [1.807, 2.05) is 0 Å². The highest BCUT2D eigenvalue weighted by Crippen LogP contribution is 2.37. The normalized spacial score (nSPS) is 38.1. The van der Waals surface area contributed by atoms with Crippen molar-refractivity contribution in [3.05, 3.63) is 0 Å². The quantitative estimate of drug-likeness (QED) is 0.834. The Labute approximate surface area is 139 Å². The van der Waals surface area contributed by atoms with Crippen molar-refractivity contribution in [2.45, 2.75) is 69.6 Å². The molecule has 23 heavy (non-hydrogen) atoms. The van der Waals surface area contributed by atoms with Gasteiger partial charge in [0.05, 0.1) is 6.10 Å². The lowest BCUT2D eigenvalue weighted by atomic mass is 9.72. The number of rotatable bonds is 4. The maximum absolute atomic E-state index is 12.2. The molecular formula is C18H31N3O2. The van der Waals surface area contributed by atoms with Crippen molar-refractivity contribution < 1.29 is 9.53 Å². The van der Waals surface area contributed by atoms with Crippen molar-refractivity contribution in [2.24, 2.45) is 11.8 Å². The molecule has 0 aromatic carbocycles. The summed E-state index contributed by atoms with van der Waals surface area (Å²) >= 11 is 0. The minimum atomic E-state index is 0.0340. The second-order valence-corrected chi connectivity index (χ2v) is 8.07. The van der Waals surface area contributed by atoms with Gasteiger partial charge in [0.2, 0.25) is 0 Å². The monoisotopic (exact) mass is 321 g/mol. The summed E-state index contributed by atoms with van der Waals surface area (Å²) in [6.07, 6.45) is 10.5. The number of fused-ring (bicyclic) bond motifs is 1. The van der Waals surface area contributed by atoms with Crippen LogP contribution in [0.3, 0.4) is 0 Å². The fourth-order valence-corrected chi connectivity index (χ4v) is 5.03. The topological polar surface area (TPSA) is 53.6 Å². The highest BCUT2D eigenvalue weighted by atomic mass is 16.5. The zero-order valence-corrected chi connectivity index (χ0v) is 14.1. The van der Waals surface area contributed by atoms with Gasteiger partial charge in [0.25, 0.3) is 0 Å². The summed E-state index contributed by atoms with van der Waals surface area (Å²) in [5, 5.41) is 6.38. The van der Waals surface area contributed by atoms with E-state index in [-0.39, 0.29) is 6.03 Å². The Morgan fingerprint density at radius 2 is 1.96 bits per heavy atom. The Balaban J connectivity index is 1.16. The van der Waals surface area contributed by atoms with Crippen molar-refractivity contribution in [1.82, 2.24) is 15.5 Å². The first-order valence-electron chi connectivity index (χ1n) is 9.69. The third kappa shape index (κ3) is 3.66. The average molecular weight is 321 g/mol. The molecule has 0 aromatic rings. The lowest BCUT2D eigenvalue weighted by Gasteiger charge is -2.47. The van der Waals surface area contributed by atoms with Crippen LogP contribution in [0.1, 0.15) is 51.4 Å². The van der Waals surface area contributed by atoms with Crippen molar-refractivity contribution in [1.29, 1.82) is 0 Å². The fraction of sp³-hybridized carbons (Fsp3) is 0.944. The van der Waals surface area contributed by atoms with Crippen LogP contribution in [0, 0.1) is 11.8 Å². The number of likely N-dealkylation sites (tertiary alicyclic amines) is 1. The van der Waals surface area contributed by atoms with Gasteiger partial charge in [0.15, 0.2) is 0 Å². The number of nitrogens with zero attached hydrogens (tertiary/aromatic N) is 1. The van der Waals surface area contributed by atoms with Crippen LogP contribution in [0.4, 0.5) is 4.79 Å². The van der Waals surface area contributed by atoms with Gasteiger partial charge in [0.1, 0.15) is 0 Å². The average Bonchev–Trinajstić information content (AvgIpc) is 3.18. The van der Waals surface area contributed by atoms with Gasteiger partial charge in [-0.05, 0) is 44.4 Å². The molecule has 2 saturated heterocycles. The van der Waals surface area contributed by atoms with Crippen LogP contribution in [0.5, 0.6) is 0 Å². The molecule has 2 N–H and O–H groups in total. The highest BCUT2D eigenvalue weighted by molar-refractivity contribution is 5.74. The van der Waals surface area contributed by atoms with Crippen molar-refractivity contribution in [3.63, 3.8) is 0 Å². The number of carbonyl (C=O) groups excluding carboxylic acids is 1. The molecule has 4 aliphatic rings. The maximum Gasteiger partial charge on any atom is 0.315 e. The van der Waals surface area contributed by atoms with Gasteiger partial charge >= 0.3 is 6.03 Å². The molecule has 130 valence electrons. The van der Waals surface area contributed by atoms with E-state index in [1.54, 1.807) is 0 Å². The van der Waals surface area contributed by atoms with Gasteiger partial charge in [-0.25, -0.2) is 4.79 Å². The predicted octanol–water partition coefficient (Wildman–Crippen LogP) is 2.12. The summed E-state index contributed by atoms with van der Waals surface area (Å²) in [7, 11) is 0. The van der Waals surface area contributed by atoms with Gasteiger partial charge in [-0.2, -0.15) is 0 Å². The lowest BCUT2D eigenvalue weighted by Crippen LogP contribution is -2.60. The standard InChI is InChI=1S/C18H31N3O2/c22-18(20-16-10-17-15(16)6-3-9-23-17)19-14-7-8-21(12-14)11-13-4-1-2-5-13/h13-17H,1-12H2,(H2,19,20,22)/t14-,15-,16-,17+/m1/s1. The number of ether oxygens (including phenoxy) is 1. The first-order valence-corrected chi connectivity index (χ1v) is 9.69. The predicted molar refractivity (Wildman–Crippen MR) is 89.3 cm³/mol. The summed E-state index contributed by atoms with van der Waals surface area (Å²) < 4.78 is 5.72. The number of hydrogen-bond donors (Lipinski definition) is 2. The van der Waals surface area contributed by atoms with Crippen LogP contribution in [0.25, 0.3) is 0 Å². The van der Waals surface area contributed by atoms with Gasteiger partial charge in [-0.3, -0.25) is 0 Å². The fourth-order valence-electron chi connectivity index (χ4n) is 5.03. The smallest absolute Gasteiger partial charge is 0.315 e. The van der Waals surface area contributed by atoms with E-state index in [0.29, 0.717) is 24.1 Å². The number of urea groups is 1. The molecule has 2 amide bonds. The van der Waals surface area contributed by atoms with Crippen LogP contribution in [0.2, 0.25) is 0 Å². The summed E-state index contributed by atoms with van der Waals surface area (Å²) in [5.74, 6) is 1.46. The number of carbonyl (C=O) groups is 1. The molecule has 4 fully saturated rings. The molecule has 2 aliphatic heterocycles. The molecule has 2 heterocycles. The third-order valence-electron chi connectivity index (χ3n) is 6.41. The Hall–Kier alpha value is -0.810. The van der Waals surface area contributed by atoms with E-state index in [2.05, 4.69) is 15.5 Å². The Bertz CT molecular complexity index is 424. The van der Waals surface area contributed by atoms with E-state index < -0.39 is 0 Å². The van der Waals surface area contributed by atoms with Crippen LogP contribution in [-0.4, -0.2) is 55.4 Å². The van der Waals surface area contributed by atoms with Crippen molar-refractivity contribution in [3.8, 4) is 0 Å². The van der Waals surface area contributed by atoms with E-state index in [4.69, 9.17) is 4.74 Å². The summed E-state index contributed by atoms with van der Waals surface area (Å²) in [4.78, 5) is 14.8. The molecule has 5 nitrogen and oxygen atoms in total. The number of nitrogens with one attached hydrogen (secondary N) is 2. The molecule has 4 rings (SSSR count). The number of hydrogen-bond acceptors (Lipinski definition) is 3. The molecule has 4 atom stereocenters. The second kappa shape index (κ2) is 6.98. The minimum absolute atomic E-state index is 0.0340. The van der Waals surface area contributed by atoms with Crippen LogP contribution in [0.15, 0.2) is 0 Å². The summed E-state index contributed by atoms with van der Waals surface area (Å²) in [5.41, 5.74) is 0. The van der Waals surface area contributed by atoms with Gasteiger partial charge in [-0.1, -0.05) is 12.8 Å². The SMILES string of the molecule is O=C(N[C@@H]1CCN(CC2CCCC2)C1)N[C@@H]1C[C@@H]2OCCC[C@@H]21. The molecule has 0 spiro atoms. The Morgan fingerprint density at radius 3 is 2.78 bits per heavy atom. The van der Waals surface area contributed by atoms with E-state index >= 15 is 0 Å². The molecule has 0 aromatic heterocycles. The Kier molecular flexibility index (Phi) is 4.76. The lowest BCUT2D eigenvalue weighted by molar-refractivity contribution is -0.1000. The maximum atomic E-state index is 12.2. The summed E-state index contributed by atoms with van der Waals surface area (Å²) in [6.45, 7) is 4.32. The highest BCUT2D eigenvalue weighted by Gasteiger charge is 2.44. The molecule has 0 radical (unpaired) electrons. The number of amides is 2. The zero-order chi connectivity index (χ0) is 15.6. The first-order chi connectivity index (χ1) is 11.3. The van der Waals surface area contributed by atoms with Crippen LogP contribution >= 0.6 is 0 Å². The van der Waals surface area contributed by atoms with Crippen molar-refractivity contribution >= 4 is 6.03 Å². The van der Waals surface area contributed by atoms with Gasteiger partial charge in [-0.15, -0.1) is 0 Å². The molecule has 2 aliphatic carbocycles. The second-order valence-electron chi connectivity index (χ2n) is 8.07. The molecule has 0 bridgehead atoms. The van der Waals surface area contributed by atoms with Gasteiger partial charge < -0.3 is 20.3 Å². The zero-order valence-electron chi connectivity index (χ0n) is 14.1. The first kappa shape index (κ1) is 15.7. The van der Waals surface area contributed by atoms with E-state index in [1.165, 1.54) is 38.6 Å². The van der Waals surface area contributed by atoms with Crippen LogP contribution in [-0.2, 0) is 4.74 Å². The molecular weight excluding hydrogens is 290 g/mol. The van der Waals surface area contributed by atoms with E-state index in [0.717, 1.165) is 44.9 Å². The minimum Gasteiger partial charge on any atom is -0.378 e. The molecule has 5 heteroatoms. The van der Waals surface area contributed by atoms with E-state index in [9.17, 15) is 4.79 Å². The van der Waals surface area contributed by atoms with Crippen LogP contribution < -0.4 is 10.6 Å². The largest absolute Gasteiger partial charge is 0.378 e. The summed E-state index contributed by atoms with van der Waals surface area (Å²) in [6, 6.07) is 0.693. The van der Waals surface area contributed by atoms with Crippen molar-refractivity contribution in [2.75, 3.05) is 26.2 Å².